The predicted octanol–water partition coefficient (Wildman–Crippen LogP) is 3.05. The van der Waals surface area contributed by atoms with E-state index in [0.717, 1.165) is 17.5 Å². The summed E-state index contributed by atoms with van der Waals surface area (Å²) in [6.07, 6.45) is 2.48. The third-order valence-electron chi connectivity index (χ3n) is 3.16. The molecule has 0 aliphatic rings. The fraction of sp³-hybridized carbons (Fsp3) is 0.444. The molecule has 0 fully saturated rings. The van der Waals surface area contributed by atoms with Crippen LogP contribution in [0, 0.1) is 25.2 Å². The van der Waals surface area contributed by atoms with E-state index < -0.39 is 5.91 Å². The molecule has 0 atom stereocenters. The maximum atomic E-state index is 12.1. The van der Waals surface area contributed by atoms with Crippen molar-refractivity contribution in [2.24, 2.45) is 0 Å². The first kappa shape index (κ1) is 18.7. The molecule has 1 aromatic carbocycles. The minimum Gasteiger partial charge on any atom is -0.390 e. The number of hydrogen-bond donors (Lipinski definition) is 2. The number of carbonyl (C=O) groups excluding carboxylic acids is 1. The molecular weight excluding hydrogens is 290 g/mol. The topological polar surface area (TPSA) is 74.2 Å². The van der Waals surface area contributed by atoms with Crippen LogP contribution in [-0.2, 0) is 9.53 Å². The zero-order valence-corrected chi connectivity index (χ0v) is 14.3. The van der Waals surface area contributed by atoms with E-state index in [2.05, 4.69) is 10.6 Å². The minimum absolute atomic E-state index is 0.0507. The first-order valence-corrected chi connectivity index (χ1v) is 7.78. The average Bonchev–Trinajstić information content (AvgIpc) is 2.49. The molecule has 5 heteroatoms. The molecule has 0 saturated heterocycles. The number of nitrogens with zero attached hydrogens (tertiary/aromatic N) is 1. The monoisotopic (exact) mass is 315 g/mol. The van der Waals surface area contributed by atoms with Crippen LogP contribution in [0.25, 0.3) is 0 Å². The fourth-order valence-corrected chi connectivity index (χ4v) is 1.96. The van der Waals surface area contributed by atoms with Crippen LogP contribution in [0.15, 0.2) is 30.0 Å². The highest BCUT2D eigenvalue weighted by molar-refractivity contribution is 6.06. The van der Waals surface area contributed by atoms with Crippen LogP contribution in [0.4, 0.5) is 5.69 Å². The molecule has 1 rings (SSSR count). The van der Waals surface area contributed by atoms with Crippen molar-refractivity contribution >= 4 is 11.6 Å². The van der Waals surface area contributed by atoms with Crippen LogP contribution in [0.1, 0.15) is 31.4 Å². The highest BCUT2D eigenvalue weighted by Crippen LogP contribution is 2.16. The Morgan fingerprint density at radius 3 is 2.74 bits per heavy atom. The van der Waals surface area contributed by atoms with Crippen LogP contribution in [0.2, 0.25) is 0 Å². The van der Waals surface area contributed by atoms with Gasteiger partial charge in [0.2, 0.25) is 0 Å². The molecule has 1 amide bonds. The molecule has 0 spiro atoms. The van der Waals surface area contributed by atoms with Crippen LogP contribution in [0.5, 0.6) is 0 Å². The maximum Gasteiger partial charge on any atom is 0.267 e. The van der Waals surface area contributed by atoms with Gasteiger partial charge in [0, 0.05) is 25.0 Å². The Balaban J connectivity index is 2.51. The van der Waals surface area contributed by atoms with Crippen molar-refractivity contribution in [3.8, 4) is 6.07 Å². The van der Waals surface area contributed by atoms with Gasteiger partial charge in [-0.25, -0.2) is 0 Å². The molecule has 0 aliphatic heterocycles. The van der Waals surface area contributed by atoms with Crippen LogP contribution in [0.3, 0.4) is 0 Å². The number of aryl methyl sites for hydroxylation is 2. The first-order valence-electron chi connectivity index (χ1n) is 7.78. The van der Waals surface area contributed by atoms with E-state index in [1.807, 2.05) is 52.0 Å². The number of nitrogens with one attached hydrogen (secondary N) is 2. The summed E-state index contributed by atoms with van der Waals surface area (Å²) in [5.41, 5.74) is 2.86. The Bertz CT molecular complexity index is 601. The quantitative estimate of drug-likeness (QED) is 0.439. The summed E-state index contributed by atoms with van der Waals surface area (Å²) in [6, 6.07) is 7.67. The molecule has 23 heavy (non-hydrogen) atoms. The summed E-state index contributed by atoms with van der Waals surface area (Å²) >= 11 is 0. The van der Waals surface area contributed by atoms with Gasteiger partial charge in [-0.05, 0) is 45.7 Å². The Hall–Kier alpha value is -2.32. The summed E-state index contributed by atoms with van der Waals surface area (Å²) in [4.78, 5) is 12.1. The van der Waals surface area contributed by atoms with Gasteiger partial charge in [0.1, 0.15) is 11.6 Å². The second-order valence-electron chi connectivity index (χ2n) is 5.67. The summed E-state index contributed by atoms with van der Waals surface area (Å²) in [5, 5.41) is 14.9. The molecule has 5 nitrogen and oxygen atoms in total. The lowest BCUT2D eigenvalue weighted by atomic mass is 10.1. The molecule has 124 valence electrons. The summed E-state index contributed by atoms with van der Waals surface area (Å²) in [5.74, 6) is -0.412. The fourth-order valence-electron chi connectivity index (χ4n) is 1.96. The van der Waals surface area contributed by atoms with Crippen molar-refractivity contribution in [1.29, 1.82) is 5.26 Å². The second kappa shape index (κ2) is 9.65. The van der Waals surface area contributed by atoms with E-state index in [9.17, 15) is 4.79 Å². The molecule has 2 N–H and O–H groups in total. The molecule has 1 aromatic rings. The van der Waals surface area contributed by atoms with Crippen molar-refractivity contribution in [1.82, 2.24) is 5.32 Å². The molecule has 0 bridgehead atoms. The van der Waals surface area contributed by atoms with Gasteiger partial charge in [-0.2, -0.15) is 5.26 Å². The van der Waals surface area contributed by atoms with Gasteiger partial charge in [0.15, 0.2) is 0 Å². The van der Waals surface area contributed by atoms with Crippen molar-refractivity contribution < 1.29 is 9.53 Å². The van der Waals surface area contributed by atoms with Crippen molar-refractivity contribution in [3.05, 3.63) is 41.1 Å². The van der Waals surface area contributed by atoms with E-state index in [-0.39, 0.29) is 11.7 Å². The molecule has 0 aromatic heterocycles. The van der Waals surface area contributed by atoms with Crippen molar-refractivity contribution in [2.45, 2.75) is 40.2 Å². The second-order valence-corrected chi connectivity index (χ2v) is 5.67. The number of ether oxygens (including phenoxy) is 1. The molecule has 0 heterocycles. The predicted molar refractivity (Wildman–Crippen MR) is 91.9 cm³/mol. The Morgan fingerprint density at radius 2 is 2.13 bits per heavy atom. The zero-order valence-electron chi connectivity index (χ0n) is 14.3. The summed E-state index contributed by atoms with van der Waals surface area (Å²) in [7, 11) is 0. The lowest BCUT2D eigenvalue weighted by molar-refractivity contribution is -0.112. The first-order chi connectivity index (χ1) is 10.9. The van der Waals surface area contributed by atoms with E-state index in [1.54, 1.807) is 0 Å². The Morgan fingerprint density at radius 1 is 1.39 bits per heavy atom. The highest BCUT2D eigenvalue weighted by atomic mass is 16.5. The lowest BCUT2D eigenvalue weighted by Crippen LogP contribution is -2.18. The van der Waals surface area contributed by atoms with Crippen LogP contribution >= 0.6 is 0 Å². The molecule has 0 radical (unpaired) electrons. The van der Waals surface area contributed by atoms with Gasteiger partial charge in [0.25, 0.3) is 5.91 Å². The molecule has 0 aliphatic carbocycles. The number of amides is 1. The highest BCUT2D eigenvalue weighted by Gasteiger charge is 2.10. The summed E-state index contributed by atoms with van der Waals surface area (Å²) in [6.45, 7) is 9.18. The van der Waals surface area contributed by atoms with E-state index >= 15 is 0 Å². The minimum atomic E-state index is -0.412. The van der Waals surface area contributed by atoms with Crippen molar-refractivity contribution in [3.63, 3.8) is 0 Å². The van der Waals surface area contributed by atoms with Gasteiger partial charge in [0.05, 0.1) is 6.10 Å². The number of anilines is 1. The molecule has 0 unspecified atom stereocenters. The van der Waals surface area contributed by atoms with Gasteiger partial charge < -0.3 is 15.4 Å². The van der Waals surface area contributed by atoms with Gasteiger partial charge >= 0.3 is 0 Å². The zero-order chi connectivity index (χ0) is 17.2. The number of rotatable bonds is 8. The Labute approximate surface area is 138 Å². The van der Waals surface area contributed by atoms with E-state index in [1.165, 1.54) is 6.20 Å². The van der Waals surface area contributed by atoms with Crippen LogP contribution in [-0.4, -0.2) is 25.2 Å². The van der Waals surface area contributed by atoms with Crippen LogP contribution < -0.4 is 10.6 Å². The van der Waals surface area contributed by atoms with Gasteiger partial charge in [-0.1, -0.05) is 17.7 Å². The van der Waals surface area contributed by atoms with E-state index in [0.29, 0.717) is 18.8 Å². The lowest BCUT2D eigenvalue weighted by Gasteiger charge is -2.09. The Kier molecular flexibility index (Phi) is 7.86. The number of nitriles is 1. The largest absolute Gasteiger partial charge is 0.390 e. The molecular formula is C18H25N3O2. The third kappa shape index (κ3) is 6.98. The van der Waals surface area contributed by atoms with Gasteiger partial charge in [-0.15, -0.1) is 0 Å². The number of carbonyl (C=O) groups is 1. The third-order valence-corrected chi connectivity index (χ3v) is 3.16. The smallest absolute Gasteiger partial charge is 0.267 e. The normalized spacial score (nSPS) is 11.2. The molecule has 0 saturated carbocycles. The average molecular weight is 315 g/mol. The number of hydrogen-bond acceptors (Lipinski definition) is 4. The SMILES string of the molecule is Cc1ccc(NC(=O)/C(C#N)=C\NCCCOC(C)C)c(C)c1. The van der Waals surface area contributed by atoms with Crippen molar-refractivity contribution in [2.75, 3.05) is 18.5 Å². The standard InChI is InChI=1S/C18H25N3O2/c1-13(2)23-9-5-8-20-12-16(11-19)18(22)21-17-7-6-14(3)10-15(17)4/h6-7,10,12-13,20H,5,8-9H2,1-4H3,(H,21,22)/b16-12-. The number of benzene rings is 1. The van der Waals surface area contributed by atoms with Gasteiger partial charge in [-0.3, -0.25) is 4.79 Å². The summed E-state index contributed by atoms with van der Waals surface area (Å²) < 4.78 is 5.42. The van der Waals surface area contributed by atoms with E-state index in [4.69, 9.17) is 10.00 Å². The maximum absolute atomic E-state index is 12.1.